The largest absolute Gasteiger partial charge is 0.493 e. The molecule has 1 saturated carbocycles. The number of fused-ring (bicyclic) bond motifs is 1. The Morgan fingerprint density at radius 2 is 1.56 bits per heavy atom. The number of nitrogens with zero attached hydrogens (tertiary/aromatic N) is 2. The van der Waals surface area contributed by atoms with Crippen molar-refractivity contribution < 1.29 is 23.7 Å². The van der Waals surface area contributed by atoms with E-state index in [0.29, 0.717) is 33.6 Å². The number of ether oxygens (including phenoxy) is 4. The van der Waals surface area contributed by atoms with Crippen LogP contribution in [0.2, 0.25) is 5.02 Å². The first-order chi connectivity index (χ1) is 19.0. The molecule has 2 atom stereocenters. The molecule has 0 bridgehead atoms. The number of carbonyl (C=O) groups is 1. The van der Waals surface area contributed by atoms with Gasteiger partial charge in [-0.05, 0) is 78.4 Å². The average Bonchev–Trinajstić information content (AvgIpc) is 3.37. The maximum Gasteiger partial charge on any atom is 0.276 e. The van der Waals surface area contributed by atoms with Crippen LogP contribution in [0.25, 0.3) is 6.08 Å². The lowest BCUT2D eigenvalue weighted by molar-refractivity contribution is 0.0680. The number of carbonyl (C=O) groups excluding carboxylic acids is 1. The van der Waals surface area contributed by atoms with Crippen LogP contribution in [-0.2, 0) is 0 Å². The van der Waals surface area contributed by atoms with Crippen LogP contribution >= 0.6 is 11.6 Å². The molecule has 0 radical (unpaired) electrons. The highest BCUT2D eigenvalue weighted by atomic mass is 35.5. The molecule has 1 aliphatic carbocycles. The molecule has 0 unspecified atom stereocenters. The Kier molecular flexibility index (Phi) is 7.79. The summed E-state index contributed by atoms with van der Waals surface area (Å²) >= 11 is 6.45. The molecule has 1 amide bonds. The molecule has 202 valence electrons. The Hall–Kier alpha value is -3.97. The van der Waals surface area contributed by atoms with Gasteiger partial charge in [0.1, 0.15) is 0 Å². The minimum atomic E-state index is -0.322. The van der Waals surface area contributed by atoms with Crippen molar-refractivity contribution in [1.82, 2.24) is 5.01 Å². The molecule has 3 aromatic rings. The first-order valence-electron chi connectivity index (χ1n) is 12.8. The van der Waals surface area contributed by atoms with Crippen molar-refractivity contribution in [3.05, 3.63) is 87.9 Å². The van der Waals surface area contributed by atoms with Gasteiger partial charge in [-0.3, -0.25) is 4.79 Å². The molecule has 8 heteroatoms. The lowest BCUT2D eigenvalue weighted by atomic mass is 9.77. The Bertz CT molecular complexity index is 1450. The third-order valence-electron chi connectivity index (χ3n) is 7.31. The second-order valence-electron chi connectivity index (χ2n) is 9.46. The third-order valence-corrected chi connectivity index (χ3v) is 7.64. The van der Waals surface area contributed by atoms with Gasteiger partial charge in [-0.25, -0.2) is 5.01 Å². The first-order valence-corrected chi connectivity index (χ1v) is 13.2. The minimum absolute atomic E-state index is 0.00897. The van der Waals surface area contributed by atoms with Gasteiger partial charge in [0.15, 0.2) is 23.0 Å². The molecule has 2 aliphatic rings. The molecule has 1 heterocycles. The first kappa shape index (κ1) is 26.6. The number of halogens is 1. The molecular formula is C31H31ClN2O5. The van der Waals surface area contributed by atoms with Crippen molar-refractivity contribution in [2.75, 3.05) is 28.4 Å². The molecule has 5 rings (SSSR count). The van der Waals surface area contributed by atoms with Crippen molar-refractivity contribution in [2.24, 2.45) is 11.0 Å². The van der Waals surface area contributed by atoms with Crippen LogP contribution < -0.4 is 18.9 Å². The SMILES string of the molecule is COc1ccc(/C=C2\CCC[C@H]3C2=NN(C(=O)c2ccccc2Cl)[C@H]3c2ccc(OC)c(OC)c2)cc1OC. The van der Waals surface area contributed by atoms with Gasteiger partial charge in [-0.1, -0.05) is 35.9 Å². The summed E-state index contributed by atoms with van der Waals surface area (Å²) in [6.07, 6.45) is 4.85. The summed E-state index contributed by atoms with van der Waals surface area (Å²) in [5, 5.41) is 6.97. The Labute approximate surface area is 233 Å². The van der Waals surface area contributed by atoms with Crippen molar-refractivity contribution in [2.45, 2.75) is 25.3 Å². The second kappa shape index (κ2) is 11.4. The fourth-order valence-electron chi connectivity index (χ4n) is 5.44. The van der Waals surface area contributed by atoms with E-state index in [1.165, 1.54) is 0 Å². The number of allylic oxidation sites excluding steroid dienone is 1. The lowest BCUT2D eigenvalue weighted by Gasteiger charge is -2.30. The van der Waals surface area contributed by atoms with E-state index >= 15 is 0 Å². The molecule has 0 aromatic heterocycles. The fourth-order valence-corrected chi connectivity index (χ4v) is 5.66. The number of amides is 1. The molecule has 1 fully saturated rings. The number of hydrazone groups is 1. The molecule has 39 heavy (non-hydrogen) atoms. The van der Waals surface area contributed by atoms with E-state index in [0.717, 1.165) is 41.7 Å². The van der Waals surface area contributed by atoms with Gasteiger partial charge in [0.25, 0.3) is 5.91 Å². The number of benzene rings is 3. The Balaban J connectivity index is 1.60. The highest BCUT2D eigenvalue weighted by molar-refractivity contribution is 6.33. The minimum Gasteiger partial charge on any atom is -0.493 e. The summed E-state index contributed by atoms with van der Waals surface area (Å²) in [5.41, 5.74) is 4.32. The van der Waals surface area contributed by atoms with Crippen LogP contribution in [0, 0.1) is 5.92 Å². The average molecular weight is 547 g/mol. The van der Waals surface area contributed by atoms with E-state index in [-0.39, 0.29) is 17.9 Å². The van der Waals surface area contributed by atoms with Crippen LogP contribution in [0.5, 0.6) is 23.0 Å². The quantitative estimate of drug-likeness (QED) is 0.325. The van der Waals surface area contributed by atoms with Gasteiger partial charge in [0.2, 0.25) is 0 Å². The van der Waals surface area contributed by atoms with E-state index in [1.54, 1.807) is 45.6 Å². The third kappa shape index (κ3) is 5.06. The number of rotatable bonds is 7. The zero-order valence-corrected chi connectivity index (χ0v) is 23.2. The van der Waals surface area contributed by atoms with E-state index < -0.39 is 0 Å². The van der Waals surface area contributed by atoms with Crippen molar-refractivity contribution >= 4 is 29.3 Å². The highest BCUT2D eigenvalue weighted by Gasteiger charge is 2.44. The fraction of sp³-hybridized carbons (Fsp3) is 0.290. The zero-order chi connectivity index (χ0) is 27.5. The van der Waals surface area contributed by atoms with E-state index in [9.17, 15) is 4.79 Å². The van der Waals surface area contributed by atoms with E-state index in [1.807, 2.05) is 48.5 Å². The molecule has 1 aliphatic heterocycles. The van der Waals surface area contributed by atoms with Crippen LogP contribution in [0.4, 0.5) is 0 Å². The number of methoxy groups -OCH3 is 4. The lowest BCUT2D eigenvalue weighted by Crippen LogP contribution is -2.32. The smallest absolute Gasteiger partial charge is 0.276 e. The van der Waals surface area contributed by atoms with Crippen LogP contribution in [-0.4, -0.2) is 45.1 Å². The normalized spacial score (nSPS) is 19.4. The number of hydrogen-bond acceptors (Lipinski definition) is 6. The van der Waals surface area contributed by atoms with Crippen molar-refractivity contribution in [3.8, 4) is 23.0 Å². The van der Waals surface area contributed by atoms with E-state index in [4.69, 9.17) is 35.6 Å². The molecule has 0 saturated heterocycles. The molecule has 0 N–H and O–H groups in total. The van der Waals surface area contributed by atoms with Crippen LogP contribution in [0.3, 0.4) is 0 Å². The highest BCUT2D eigenvalue weighted by Crippen LogP contribution is 2.46. The maximum atomic E-state index is 13.9. The predicted octanol–water partition coefficient (Wildman–Crippen LogP) is 6.81. The maximum absolute atomic E-state index is 13.9. The summed E-state index contributed by atoms with van der Waals surface area (Å²) in [4.78, 5) is 13.9. The Morgan fingerprint density at radius 1 is 0.897 bits per heavy atom. The summed E-state index contributed by atoms with van der Waals surface area (Å²) in [7, 11) is 6.45. The van der Waals surface area contributed by atoms with Crippen molar-refractivity contribution in [1.29, 1.82) is 0 Å². The van der Waals surface area contributed by atoms with Crippen LogP contribution in [0.1, 0.15) is 46.8 Å². The van der Waals surface area contributed by atoms with Gasteiger partial charge in [-0.2, -0.15) is 5.10 Å². The standard InChI is InChI=1S/C31H31ClN2O5/c1-36-25-14-12-19(17-27(25)38-3)16-20-8-7-10-23-29(20)33-34(31(35)22-9-5-6-11-24(22)32)30(23)21-13-15-26(37-2)28(18-21)39-4/h5-6,9,11-18,23,30H,7-8,10H2,1-4H3/b20-16+/t23-,30-/m0/s1. The topological polar surface area (TPSA) is 69.6 Å². The van der Waals surface area contributed by atoms with Gasteiger partial charge in [0, 0.05) is 5.92 Å². The molecule has 7 nitrogen and oxygen atoms in total. The zero-order valence-electron chi connectivity index (χ0n) is 22.4. The van der Waals surface area contributed by atoms with Gasteiger partial charge in [-0.15, -0.1) is 0 Å². The Morgan fingerprint density at radius 3 is 2.26 bits per heavy atom. The monoisotopic (exact) mass is 546 g/mol. The van der Waals surface area contributed by atoms with Crippen LogP contribution in [0.15, 0.2) is 71.3 Å². The van der Waals surface area contributed by atoms with Gasteiger partial charge < -0.3 is 18.9 Å². The molecular weight excluding hydrogens is 516 g/mol. The second-order valence-corrected chi connectivity index (χ2v) is 9.86. The summed E-state index contributed by atoms with van der Waals surface area (Å²) in [6, 6.07) is 18.4. The summed E-state index contributed by atoms with van der Waals surface area (Å²) < 4.78 is 22.0. The molecule has 0 spiro atoms. The van der Waals surface area contributed by atoms with Gasteiger partial charge in [0.05, 0.1) is 50.8 Å². The number of hydrogen-bond donors (Lipinski definition) is 0. The van der Waals surface area contributed by atoms with E-state index in [2.05, 4.69) is 6.08 Å². The van der Waals surface area contributed by atoms with Crippen molar-refractivity contribution in [3.63, 3.8) is 0 Å². The van der Waals surface area contributed by atoms with Gasteiger partial charge >= 0.3 is 0 Å². The summed E-state index contributed by atoms with van der Waals surface area (Å²) in [6.45, 7) is 0. The predicted molar refractivity (Wildman–Crippen MR) is 152 cm³/mol. The molecule has 3 aromatic carbocycles. The summed E-state index contributed by atoms with van der Waals surface area (Å²) in [5.74, 6) is 2.32.